The molecule has 2 N–H and O–H groups in total. The summed E-state index contributed by atoms with van der Waals surface area (Å²) in [5.74, 6) is -0.116. The Labute approximate surface area is 52.1 Å². The zero-order chi connectivity index (χ0) is 6.57. The van der Waals surface area contributed by atoms with Crippen LogP contribution in [0.5, 0.6) is 0 Å². The van der Waals surface area contributed by atoms with Gasteiger partial charge in [0.2, 0.25) is 0 Å². The molecule has 0 saturated heterocycles. The van der Waals surface area contributed by atoms with Gasteiger partial charge in [-0.1, -0.05) is 0 Å². The summed E-state index contributed by atoms with van der Waals surface area (Å²) in [7, 11) is 0. The van der Waals surface area contributed by atoms with Crippen LogP contribution in [0.25, 0.3) is 0 Å². The van der Waals surface area contributed by atoms with Gasteiger partial charge in [-0.05, 0) is 0 Å². The Bertz CT molecular complexity index is 101. The number of halogens is 1. The highest BCUT2D eigenvalue weighted by atomic mass is 35.5. The van der Waals surface area contributed by atoms with Gasteiger partial charge in [0.1, 0.15) is 6.10 Å². The van der Waals surface area contributed by atoms with Gasteiger partial charge in [0, 0.05) is 0 Å². The molecule has 8 heavy (non-hydrogen) atoms. The second-order valence-corrected chi connectivity index (χ2v) is 1.60. The van der Waals surface area contributed by atoms with Crippen LogP contribution in [0.1, 0.15) is 0 Å². The maximum Gasteiger partial charge on any atom is 0.167 e. The standard InChI is InChI=1S/C4H6ClNO2/c5-1-3(7)4(8)2-6/h3-4,7-8H,1H2. The normalized spacial score (nSPS) is 16.8. The summed E-state index contributed by atoms with van der Waals surface area (Å²) in [4.78, 5) is 0. The van der Waals surface area contributed by atoms with E-state index in [-0.39, 0.29) is 5.88 Å². The second-order valence-electron chi connectivity index (χ2n) is 1.30. The van der Waals surface area contributed by atoms with Gasteiger partial charge in [-0.25, -0.2) is 0 Å². The highest BCUT2D eigenvalue weighted by Crippen LogP contribution is 1.92. The number of rotatable bonds is 2. The summed E-state index contributed by atoms with van der Waals surface area (Å²) in [5, 5.41) is 24.9. The van der Waals surface area contributed by atoms with Crippen LogP contribution in [0.15, 0.2) is 0 Å². The molecule has 0 saturated carbocycles. The van der Waals surface area contributed by atoms with Crippen LogP contribution in [0.3, 0.4) is 0 Å². The fourth-order valence-electron chi connectivity index (χ4n) is 0.170. The number of alkyl halides is 1. The molecule has 0 heterocycles. The van der Waals surface area contributed by atoms with Crippen molar-refractivity contribution in [1.29, 1.82) is 5.26 Å². The van der Waals surface area contributed by atoms with E-state index in [1.54, 1.807) is 0 Å². The minimum Gasteiger partial charge on any atom is -0.388 e. The first-order valence-corrected chi connectivity index (χ1v) is 2.57. The average molecular weight is 136 g/mol. The van der Waals surface area contributed by atoms with Crippen molar-refractivity contribution in [3.05, 3.63) is 0 Å². The fraction of sp³-hybridized carbons (Fsp3) is 0.750. The molecular weight excluding hydrogens is 130 g/mol. The number of aliphatic hydroxyl groups excluding tert-OH is 2. The van der Waals surface area contributed by atoms with Crippen molar-refractivity contribution in [2.45, 2.75) is 12.2 Å². The van der Waals surface area contributed by atoms with E-state index in [1.165, 1.54) is 6.07 Å². The number of aliphatic hydroxyl groups is 2. The Morgan fingerprint density at radius 1 is 1.62 bits per heavy atom. The van der Waals surface area contributed by atoms with E-state index in [0.717, 1.165) is 0 Å². The Hall–Kier alpha value is -0.300. The van der Waals surface area contributed by atoms with Crippen molar-refractivity contribution in [3.63, 3.8) is 0 Å². The molecule has 0 radical (unpaired) electrons. The minimum absolute atomic E-state index is 0.116. The molecule has 4 heteroatoms. The van der Waals surface area contributed by atoms with Gasteiger partial charge in [-0.2, -0.15) is 5.26 Å². The van der Waals surface area contributed by atoms with Crippen molar-refractivity contribution in [1.82, 2.24) is 0 Å². The van der Waals surface area contributed by atoms with Crippen molar-refractivity contribution in [2.75, 3.05) is 5.88 Å². The Morgan fingerprint density at radius 3 is 2.25 bits per heavy atom. The van der Waals surface area contributed by atoms with Crippen LogP contribution in [-0.4, -0.2) is 28.3 Å². The molecule has 0 aromatic carbocycles. The lowest BCUT2D eigenvalue weighted by molar-refractivity contribution is 0.0688. The van der Waals surface area contributed by atoms with E-state index >= 15 is 0 Å². The van der Waals surface area contributed by atoms with Crippen molar-refractivity contribution in [2.24, 2.45) is 0 Å². The molecule has 0 aliphatic heterocycles. The largest absolute Gasteiger partial charge is 0.388 e. The molecule has 2 atom stereocenters. The number of nitrogens with zero attached hydrogens (tertiary/aromatic N) is 1. The van der Waals surface area contributed by atoms with Gasteiger partial charge >= 0.3 is 0 Å². The number of hydrogen-bond acceptors (Lipinski definition) is 3. The summed E-state index contributed by atoms with van der Waals surface area (Å²) in [6.07, 6.45) is -2.48. The Kier molecular flexibility index (Phi) is 3.53. The molecule has 46 valence electrons. The van der Waals surface area contributed by atoms with Crippen LogP contribution < -0.4 is 0 Å². The van der Waals surface area contributed by atoms with Gasteiger partial charge in [-0.15, -0.1) is 11.6 Å². The monoisotopic (exact) mass is 135 g/mol. The molecule has 0 spiro atoms. The zero-order valence-electron chi connectivity index (χ0n) is 4.08. The molecular formula is C4H6ClNO2. The first-order chi connectivity index (χ1) is 3.72. The van der Waals surface area contributed by atoms with Crippen LogP contribution >= 0.6 is 11.6 Å². The predicted octanol–water partition coefficient (Wildman–Crippen LogP) is -0.529. The van der Waals surface area contributed by atoms with Gasteiger partial charge in [0.25, 0.3) is 0 Å². The van der Waals surface area contributed by atoms with Crippen LogP contribution in [0.2, 0.25) is 0 Å². The molecule has 0 bridgehead atoms. The summed E-state index contributed by atoms with van der Waals surface area (Å²) < 4.78 is 0. The highest BCUT2D eigenvalue weighted by molar-refractivity contribution is 6.18. The van der Waals surface area contributed by atoms with Gasteiger partial charge in [0.15, 0.2) is 6.10 Å². The minimum atomic E-state index is -1.35. The van der Waals surface area contributed by atoms with Crippen molar-refractivity contribution >= 4 is 11.6 Å². The van der Waals surface area contributed by atoms with E-state index in [9.17, 15) is 0 Å². The molecule has 0 aromatic heterocycles. The fourth-order valence-corrected chi connectivity index (χ4v) is 0.339. The predicted molar refractivity (Wildman–Crippen MR) is 28.3 cm³/mol. The van der Waals surface area contributed by atoms with E-state index in [0.29, 0.717) is 0 Å². The summed E-state index contributed by atoms with van der Waals surface area (Å²) >= 11 is 5.06. The molecule has 0 fully saturated rings. The van der Waals surface area contributed by atoms with E-state index in [2.05, 4.69) is 0 Å². The zero-order valence-corrected chi connectivity index (χ0v) is 4.84. The molecule has 2 unspecified atom stereocenters. The van der Waals surface area contributed by atoms with Crippen LogP contribution in [-0.2, 0) is 0 Å². The summed E-state index contributed by atoms with van der Waals surface area (Å²) in [6, 6.07) is 1.44. The molecule has 0 aliphatic rings. The van der Waals surface area contributed by atoms with Crippen LogP contribution in [0, 0.1) is 11.3 Å². The Balaban J connectivity index is 3.49. The third-order valence-electron chi connectivity index (χ3n) is 0.655. The molecule has 0 aromatic rings. The van der Waals surface area contributed by atoms with Crippen LogP contribution in [0.4, 0.5) is 0 Å². The van der Waals surface area contributed by atoms with Gasteiger partial charge < -0.3 is 10.2 Å². The highest BCUT2D eigenvalue weighted by Gasteiger charge is 2.12. The summed E-state index contributed by atoms with van der Waals surface area (Å²) in [6.45, 7) is 0. The first-order valence-electron chi connectivity index (χ1n) is 2.04. The maximum absolute atomic E-state index is 8.52. The third kappa shape index (κ3) is 2.12. The van der Waals surface area contributed by atoms with E-state index in [1.807, 2.05) is 0 Å². The number of nitriles is 1. The first kappa shape index (κ1) is 7.70. The molecule has 0 rings (SSSR count). The Morgan fingerprint density at radius 2 is 2.12 bits per heavy atom. The average Bonchev–Trinajstić information content (AvgIpc) is 1.84. The second kappa shape index (κ2) is 3.67. The molecule has 0 amide bonds. The van der Waals surface area contributed by atoms with Gasteiger partial charge in [0.05, 0.1) is 11.9 Å². The lowest BCUT2D eigenvalue weighted by atomic mass is 10.2. The number of hydrogen-bond donors (Lipinski definition) is 2. The van der Waals surface area contributed by atoms with Gasteiger partial charge in [-0.3, -0.25) is 0 Å². The maximum atomic E-state index is 8.52. The molecule has 3 nitrogen and oxygen atoms in total. The van der Waals surface area contributed by atoms with Crippen molar-refractivity contribution < 1.29 is 10.2 Å². The quantitative estimate of drug-likeness (QED) is 0.395. The van der Waals surface area contributed by atoms with Crippen molar-refractivity contribution in [3.8, 4) is 6.07 Å². The SMILES string of the molecule is N#CC(O)C(O)CCl. The topological polar surface area (TPSA) is 64.2 Å². The lowest BCUT2D eigenvalue weighted by Crippen LogP contribution is -2.25. The smallest absolute Gasteiger partial charge is 0.167 e. The summed E-state index contributed by atoms with van der Waals surface area (Å²) in [5.41, 5.74) is 0. The third-order valence-corrected chi connectivity index (χ3v) is 0.971. The van der Waals surface area contributed by atoms with E-state index in [4.69, 9.17) is 27.1 Å². The van der Waals surface area contributed by atoms with E-state index < -0.39 is 12.2 Å². The molecule has 0 aliphatic carbocycles. The lowest BCUT2D eigenvalue weighted by Gasteiger charge is -2.04.